The van der Waals surface area contributed by atoms with Crippen LogP contribution < -0.4 is 5.32 Å². The third kappa shape index (κ3) is 5.40. The number of carbonyl (C=O) groups excluding carboxylic acids is 2. The van der Waals surface area contributed by atoms with E-state index in [2.05, 4.69) is 18.8 Å². The lowest BCUT2D eigenvalue weighted by Crippen LogP contribution is -2.37. The molecule has 7 nitrogen and oxygen atoms in total. The van der Waals surface area contributed by atoms with Crippen LogP contribution in [0.5, 0.6) is 0 Å². The molecule has 2 rings (SSSR count). The maximum atomic E-state index is 12.7. The molecule has 0 bridgehead atoms. The molecule has 1 heterocycles. The maximum absolute atomic E-state index is 12.7. The third-order valence-electron chi connectivity index (χ3n) is 4.54. The average molecular weight is 394 g/mol. The molecular weight excluding hydrogens is 368 g/mol. The molecule has 0 unspecified atom stereocenters. The number of nitrogens with one attached hydrogen (secondary N) is 1. The van der Waals surface area contributed by atoms with Crippen LogP contribution in [0.25, 0.3) is 0 Å². The Morgan fingerprint density at radius 1 is 1.30 bits per heavy atom. The summed E-state index contributed by atoms with van der Waals surface area (Å²) in [5.74, 6) is -0.590. The predicted molar refractivity (Wildman–Crippen MR) is 102 cm³/mol. The number of benzene rings is 1. The van der Waals surface area contributed by atoms with E-state index in [1.807, 2.05) is 0 Å². The van der Waals surface area contributed by atoms with E-state index in [4.69, 9.17) is 4.74 Å². The van der Waals surface area contributed by atoms with Crippen LogP contribution in [0.15, 0.2) is 41.8 Å². The van der Waals surface area contributed by atoms with Crippen LogP contribution in [0.2, 0.25) is 0 Å². The normalized spacial score (nSPS) is 17.1. The van der Waals surface area contributed by atoms with Gasteiger partial charge in [0.15, 0.2) is 6.10 Å². The molecule has 1 amide bonds. The van der Waals surface area contributed by atoms with Crippen molar-refractivity contribution in [2.24, 2.45) is 5.92 Å². The molecule has 1 aliphatic rings. The molecule has 1 aliphatic heterocycles. The Morgan fingerprint density at radius 3 is 2.44 bits per heavy atom. The van der Waals surface area contributed by atoms with Gasteiger partial charge >= 0.3 is 5.97 Å². The zero-order chi connectivity index (χ0) is 20.0. The summed E-state index contributed by atoms with van der Waals surface area (Å²) in [6, 6.07) is 5.59. The van der Waals surface area contributed by atoms with Crippen molar-refractivity contribution in [1.29, 1.82) is 0 Å². The summed E-state index contributed by atoms with van der Waals surface area (Å²) in [5.41, 5.74) is 0.185. The Morgan fingerprint density at radius 2 is 1.89 bits per heavy atom. The second-order valence-electron chi connectivity index (χ2n) is 6.69. The fourth-order valence-electron chi connectivity index (χ4n) is 2.74. The second kappa shape index (κ2) is 9.14. The van der Waals surface area contributed by atoms with Crippen molar-refractivity contribution < 1.29 is 22.7 Å². The first kappa shape index (κ1) is 21.1. The van der Waals surface area contributed by atoms with Crippen molar-refractivity contribution in [3.8, 4) is 0 Å². The van der Waals surface area contributed by atoms with Gasteiger partial charge in [0.25, 0.3) is 5.91 Å². The van der Waals surface area contributed by atoms with Crippen molar-refractivity contribution in [3.63, 3.8) is 0 Å². The first-order chi connectivity index (χ1) is 12.8. The van der Waals surface area contributed by atoms with Gasteiger partial charge in [0.1, 0.15) is 0 Å². The molecule has 0 aromatic heterocycles. The van der Waals surface area contributed by atoms with Crippen LogP contribution in [-0.2, 0) is 19.6 Å². The van der Waals surface area contributed by atoms with Gasteiger partial charge < -0.3 is 10.1 Å². The van der Waals surface area contributed by atoms with E-state index >= 15 is 0 Å². The van der Waals surface area contributed by atoms with Crippen LogP contribution in [0.3, 0.4) is 0 Å². The molecular formula is C19H26N2O5S. The topological polar surface area (TPSA) is 92.8 Å². The van der Waals surface area contributed by atoms with Gasteiger partial charge in [0, 0.05) is 19.6 Å². The summed E-state index contributed by atoms with van der Waals surface area (Å²) >= 11 is 0. The molecule has 27 heavy (non-hydrogen) atoms. The monoisotopic (exact) mass is 394 g/mol. The zero-order valence-corrected chi connectivity index (χ0v) is 16.5. The highest BCUT2D eigenvalue weighted by Gasteiger charge is 2.28. The lowest BCUT2D eigenvalue weighted by atomic mass is 10.0. The molecule has 0 aliphatic carbocycles. The number of ether oxygens (including phenoxy) is 1. The molecule has 1 aromatic rings. The number of hydrogen-bond acceptors (Lipinski definition) is 5. The quantitative estimate of drug-likeness (QED) is 0.564. The Hall–Kier alpha value is -2.19. The summed E-state index contributed by atoms with van der Waals surface area (Å²) in [4.78, 5) is 24.0. The lowest BCUT2D eigenvalue weighted by Gasteiger charge is -2.29. The van der Waals surface area contributed by atoms with Crippen LogP contribution >= 0.6 is 0 Å². The summed E-state index contributed by atoms with van der Waals surface area (Å²) < 4.78 is 32.0. The smallest absolute Gasteiger partial charge is 0.338 e. The Balaban J connectivity index is 2.02. The zero-order valence-electron chi connectivity index (χ0n) is 15.7. The standard InChI is InChI=1S/C19H26N2O5S/c1-4-11-20-18(22)15(3)26-19(23)16-5-7-17(8-6-16)27(24,25)21-12-9-14(2)10-13-21/h4-8,14-15H,1,9-13H2,2-3H3,(H,20,22)/t15-/m0/s1. The van der Waals surface area contributed by atoms with Crippen molar-refractivity contribution in [2.75, 3.05) is 19.6 Å². The predicted octanol–water partition coefficient (Wildman–Crippen LogP) is 1.95. The first-order valence-electron chi connectivity index (χ1n) is 8.95. The number of carbonyl (C=O) groups is 2. The minimum Gasteiger partial charge on any atom is -0.449 e. The fourth-order valence-corrected chi connectivity index (χ4v) is 4.21. The summed E-state index contributed by atoms with van der Waals surface area (Å²) in [7, 11) is -3.57. The van der Waals surface area contributed by atoms with Crippen LogP contribution in [0.4, 0.5) is 0 Å². The Kier molecular flexibility index (Phi) is 7.15. The highest BCUT2D eigenvalue weighted by atomic mass is 32.2. The molecule has 148 valence electrons. The van der Waals surface area contributed by atoms with Crippen molar-refractivity contribution >= 4 is 21.9 Å². The molecule has 1 fully saturated rings. The number of esters is 1. The van der Waals surface area contributed by atoms with Gasteiger partial charge in [-0.3, -0.25) is 4.79 Å². The van der Waals surface area contributed by atoms with Crippen molar-refractivity contribution in [3.05, 3.63) is 42.5 Å². The molecule has 1 atom stereocenters. The molecule has 1 N–H and O–H groups in total. The SMILES string of the molecule is C=CCNC(=O)[C@H](C)OC(=O)c1ccc(S(=O)(=O)N2CCC(C)CC2)cc1. The maximum Gasteiger partial charge on any atom is 0.338 e. The summed E-state index contributed by atoms with van der Waals surface area (Å²) in [6.45, 7) is 8.36. The van der Waals surface area contributed by atoms with Crippen LogP contribution in [-0.4, -0.2) is 50.3 Å². The third-order valence-corrected chi connectivity index (χ3v) is 6.46. The van der Waals surface area contributed by atoms with Crippen molar-refractivity contribution in [1.82, 2.24) is 9.62 Å². The Labute approximate surface area is 160 Å². The van der Waals surface area contributed by atoms with Crippen LogP contribution in [0.1, 0.15) is 37.0 Å². The van der Waals surface area contributed by atoms with E-state index in [0.717, 1.165) is 12.8 Å². The molecule has 0 saturated carbocycles. The van der Waals surface area contributed by atoms with E-state index in [0.29, 0.717) is 19.0 Å². The molecule has 8 heteroatoms. The number of sulfonamides is 1. The first-order valence-corrected chi connectivity index (χ1v) is 10.4. The largest absolute Gasteiger partial charge is 0.449 e. The lowest BCUT2D eigenvalue weighted by molar-refractivity contribution is -0.128. The van der Waals surface area contributed by atoms with Gasteiger partial charge in [-0.25, -0.2) is 13.2 Å². The minimum absolute atomic E-state index is 0.144. The van der Waals surface area contributed by atoms with Gasteiger partial charge in [0.05, 0.1) is 10.5 Å². The van der Waals surface area contributed by atoms with Crippen molar-refractivity contribution in [2.45, 2.75) is 37.7 Å². The summed E-state index contributed by atoms with van der Waals surface area (Å²) in [5, 5.41) is 2.54. The number of rotatable bonds is 7. The highest BCUT2D eigenvalue weighted by molar-refractivity contribution is 7.89. The van der Waals surface area contributed by atoms with Crippen LogP contribution in [0, 0.1) is 5.92 Å². The average Bonchev–Trinajstić information content (AvgIpc) is 2.66. The highest BCUT2D eigenvalue weighted by Crippen LogP contribution is 2.23. The van der Waals surface area contributed by atoms with E-state index in [1.54, 1.807) is 0 Å². The van der Waals surface area contributed by atoms with Gasteiger partial charge in [-0.2, -0.15) is 4.31 Å². The minimum atomic E-state index is -3.57. The van der Waals surface area contributed by atoms with E-state index in [1.165, 1.54) is 41.6 Å². The van der Waals surface area contributed by atoms with Gasteiger partial charge in [0.2, 0.25) is 10.0 Å². The van der Waals surface area contributed by atoms with Gasteiger partial charge in [-0.1, -0.05) is 13.0 Å². The molecule has 1 saturated heterocycles. The number of hydrogen-bond donors (Lipinski definition) is 1. The summed E-state index contributed by atoms with van der Waals surface area (Å²) in [6.07, 6.45) is 2.25. The fraction of sp³-hybridized carbons (Fsp3) is 0.474. The second-order valence-corrected chi connectivity index (χ2v) is 8.63. The van der Waals surface area contributed by atoms with E-state index in [-0.39, 0.29) is 17.0 Å². The number of nitrogens with zero attached hydrogens (tertiary/aromatic N) is 1. The number of piperidine rings is 1. The van der Waals surface area contributed by atoms with E-state index in [9.17, 15) is 18.0 Å². The van der Waals surface area contributed by atoms with Gasteiger partial charge in [-0.05, 0) is 49.9 Å². The Bertz CT molecular complexity index is 781. The number of amides is 1. The van der Waals surface area contributed by atoms with E-state index < -0.39 is 28.0 Å². The molecule has 0 radical (unpaired) electrons. The molecule has 1 aromatic carbocycles. The molecule has 0 spiro atoms. The van der Waals surface area contributed by atoms with Gasteiger partial charge in [-0.15, -0.1) is 6.58 Å².